The molecule has 2 aromatic heterocycles. The van der Waals surface area contributed by atoms with Crippen molar-refractivity contribution in [3.05, 3.63) is 78.4 Å². The van der Waals surface area contributed by atoms with Crippen LogP contribution in [0, 0.1) is 0 Å². The minimum absolute atomic E-state index is 0.723. The van der Waals surface area contributed by atoms with E-state index in [2.05, 4.69) is 62.0 Å². The van der Waals surface area contributed by atoms with Crippen LogP contribution in [0.5, 0.6) is 0 Å². The molecular weight excluding hydrogens is 312 g/mol. The molecule has 130 valence electrons. The summed E-state index contributed by atoms with van der Waals surface area (Å²) in [4.78, 5) is 4.29. The molecule has 2 heterocycles. The Labute approximate surface area is 148 Å². The van der Waals surface area contributed by atoms with E-state index >= 15 is 0 Å². The summed E-state index contributed by atoms with van der Waals surface area (Å²) in [6.07, 6.45) is 7.90. The summed E-state index contributed by atoms with van der Waals surface area (Å²) in [5.41, 5.74) is 2.49. The topological polar surface area (TPSA) is 59.2 Å². The lowest BCUT2D eigenvalue weighted by Gasteiger charge is -2.14. The Bertz CT molecular complexity index is 774. The van der Waals surface area contributed by atoms with Crippen molar-refractivity contribution < 1.29 is 0 Å². The number of aliphatic imine (C=N–C) groups is 1. The van der Waals surface area contributed by atoms with Gasteiger partial charge in [0.1, 0.15) is 0 Å². The zero-order valence-electron chi connectivity index (χ0n) is 14.5. The Morgan fingerprint density at radius 2 is 1.80 bits per heavy atom. The molecule has 6 heteroatoms. The molecule has 0 radical (unpaired) electrons. The van der Waals surface area contributed by atoms with Gasteiger partial charge in [-0.1, -0.05) is 24.3 Å². The van der Waals surface area contributed by atoms with Gasteiger partial charge >= 0.3 is 0 Å². The van der Waals surface area contributed by atoms with Crippen LogP contribution in [0.3, 0.4) is 0 Å². The van der Waals surface area contributed by atoms with E-state index < -0.39 is 0 Å². The Kier molecular flexibility index (Phi) is 5.87. The lowest BCUT2D eigenvalue weighted by Crippen LogP contribution is -2.38. The lowest BCUT2D eigenvalue weighted by molar-refractivity contribution is 0.661. The van der Waals surface area contributed by atoms with Crippen LogP contribution in [0.15, 0.2) is 72.2 Å². The fourth-order valence-electron chi connectivity index (χ4n) is 2.67. The molecule has 0 atom stereocenters. The van der Waals surface area contributed by atoms with Crippen LogP contribution in [0.25, 0.3) is 0 Å². The molecule has 6 nitrogen and oxygen atoms in total. The largest absolute Gasteiger partial charge is 0.355 e. The minimum atomic E-state index is 0.723. The van der Waals surface area contributed by atoms with Crippen LogP contribution in [-0.4, -0.2) is 33.9 Å². The molecule has 0 fully saturated rings. The van der Waals surface area contributed by atoms with Crippen molar-refractivity contribution in [1.29, 1.82) is 0 Å². The number of nitrogens with zero attached hydrogens (tertiary/aromatic N) is 4. The third kappa shape index (κ3) is 4.97. The molecule has 3 rings (SSSR count). The molecule has 0 amide bonds. The molecule has 0 unspecified atom stereocenters. The predicted octanol–water partition coefficient (Wildman–Crippen LogP) is 2.10. The summed E-state index contributed by atoms with van der Waals surface area (Å²) in [7, 11) is 1.79. The number of guanidine groups is 1. The van der Waals surface area contributed by atoms with Crippen LogP contribution < -0.4 is 10.6 Å². The average Bonchev–Trinajstić information content (AvgIpc) is 3.33. The standard InChI is InChI=1S/C19H24N6/c1-20-19(21-10-14-24-11-4-5-12-24)22-15-17-7-2-3-8-18(17)16-25-13-6-9-23-25/h2-9,11-13H,10,14-16H2,1H3,(H2,20,21,22). The summed E-state index contributed by atoms with van der Waals surface area (Å²) in [6, 6.07) is 14.4. The molecule has 0 spiro atoms. The summed E-state index contributed by atoms with van der Waals surface area (Å²) < 4.78 is 4.07. The molecule has 25 heavy (non-hydrogen) atoms. The van der Waals surface area contributed by atoms with Crippen molar-refractivity contribution in [1.82, 2.24) is 25.0 Å². The summed E-state index contributed by atoms with van der Waals surface area (Å²) in [5.74, 6) is 0.807. The number of rotatable bonds is 7. The van der Waals surface area contributed by atoms with E-state index in [9.17, 15) is 0 Å². The maximum absolute atomic E-state index is 4.29. The first-order valence-corrected chi connectivity index (χ1v) is 8.44. The maximum Gasteiger partial charge on any atom is 0.191 e. The monoisotopic (exact) mass is 336 g/mol. The third-order valence-electron chi connectivity index (χ3n) is 4.01. The molecule has 0 aliphatic rings. The quantitative estimate of drug-likeness (QED) is 0.513. The SMILES string of the molecule is CN=C(NCCn1cccc1)NCc1ccccc1Cn1cccn1. The van der Waals surface area contributed by atoms with Gasteiger partial charge in [-0.25, -0.2) is 0 Å². The van der Waals surface area contributed by atoms with Crippen molar-refractivity contribution >= 4 is 5.96 Å². The van der Waals surface area contributed by atoms with Crippen molar-refractivity contribution in [3.8, 4) is 0 Å². The molecule has 1 aromatic carbocycles. The highest BCUT2D eigenvalue weighted by molar-refractivity contribution is 5.79. The number of aromatic nitrogens is 3. The molecule has 0 aliphatic heterocycles. The van der Waals surface area contributed by atoms with Gasteiger partial charge in [0.2, 0.25) is 0 Å². The van der Waals surface area contributed by atoms with Gasteiger partial charge in [-0.05, 0) is 29.3 Å². The Morgan fingerprint density at radius 1 is 1.00 bits per heavy atom. The van der Waals surface area contributed by atoms with Gasteiger partial charge in [-0.3, -0.25) is 9.67 Å². The van der Waals surface area contributed by atoms with Gasteiger partial charge in [0, 0.05) is 51.5 Å². The highest BCUT2D eigenvalue weighted by Gasteiger charge is 2.04. The Hall–Kier alpha value is -3.02. The third-order valence-corrected chi connectivity index (χ3v) is 4.01. The van der Waals surface area contributed by atoms with Gasteiger partial charge in [-0.15, -0.1) is 0 Å². The van der Waals surface area contributed by atoms with Crippen molar-refractivity contribution in [3.63, 3.8) is 0 Å². The average molecular weight is 336 g/mol. The van der Waals surface area contributed by atoms with Crippen LogP contribution in [0.1, 0.15) is 11.1 Å². The molecule has 0 bridgehead atoms. The van der Waals surface area contributed by atoms with E-state index in [-0.39, 0.29) is 0 Å². The zero-order chi connectivity index (χ0) is 17.3. The van der Waals surface area contributed by atoms with Gasteiger partial charge in [0.05, 0.1) is 6.54 Å². The summed E-state index contributed by atoms with van der Waals surface area (Å²) >= 11 is 0. The van der Waals surface area contributed by atoms with E-state index in [0.717, 1.165) is 32.1 Å². The maximum atomic E-state index is 4.29. The second-order valence-corrected chi connectivity index (χ2v) is 5.75. The second kappa shape index (κ2) is 8.73. The Morgan fingerprint density at radius 3 is 2.52 bits per heavy atom. The van der Waals surface area contributed by atoms with Crippen LogP contribution in [0.4, 0.5) is 0 Å². The fourth-order valence-corrected chi connectivity index (χ4v) is 2.67. The van der Waals surface area contributed by atoms with E-state index in [1.807, 2.05) is 29.1 Å². The van der Waals surface area contributed by atoms with Crippen LogP contribution >= 0.6 is 0 Å². The number of hydrogen-bond donors (Lipinski definition) is 2. The van der Waals surface area contributed by atoms with Gasteiger partial charge < -0.3 is 15.2 Å². The minimum Gasteiger partial charge on any atom is -0.355 e. The van der Waals surface area contributed by atoms with E-state index in [1.54, 1.807) is 13.2 Å². The first-order valence-electron chi connectivity index (χ1n) is 8.44. The first-order chi connectivity index (χ1) is 12.3. The molecule has 2 N–H and O–H groups in total. The van der Waals surface area contributed by atoms with E-state index in [0.29, 0.717) is 0 Å². The predicted molar refractivity (Wildman–Crippen MR) is 100 cm³/mol. The normalized spacial score (nSPS) is 11.5. The second-order valence-electron chi connectivity index (χ2n) is 5.75. The number of benzene rings is 1. The summed E-state index contributed by atoms with van der Waals surface area (Å²) in [5, 5.41) is 11.0. The zero-order valence-corrected chi connectivity index (χ0v) is 14.5. The smallest absolute Gasteiger partial charge is 0.191 e. The highest BCUT2D eigenvalue weighted by Crippen LogP contribution is 2.10. The van der Waals surface area contributed by atoms with Crippen molar-refractivity contribution in [2.24, 2.45) is 4.99 Å². The molecule has 0 saturated heterocycles. The molecule has 3 aromatic rings. The van der Waals surface area contributed by atoms with Crippen molar-refractivity contribution in [2.75, 3.05) is 13.6 Å². The number of hydrogen-bond acceptors (Lipinski definition) is 2. The molecule has 0 aliphatic carbocycles. The lowest BCUT2D eigenvalue weighted by atomic mass is 10.1. The van der Waals surface area contributed by atoms with Crippen molar-refractivity contribution in [2.45, 2.75) is 19.6 Å². The van der Waals surface area contributed by atoms with Crippen LogP contribution in [-0.2, 0) is 19.6 Å². The first kappa shape index (κ1) is 16.8. The number of nitrogens with one attached hydrogen (secondary N) is 2. The molecule has 0 saturated carbocycles. The van der Waals surface area contributed by atoms with Crippen LogP contribution in [0.2, 0.25) is 0 Å². The van der Waals surface area contributed by atoms with Gasteiger partial charge in [0.25, 0.3) is 0 Å². The highest BCUT2D eigenvalue weighted by atomic mass is 15.3. The Balaban J connectivity index is 1.53. The van der Waals surface area contributed by atoms with Gasteiger partial charge in [0.15, 0.2) is 5.96 Å². The summed E-state index contributed by atoms with van der Waals surface area (Å²) in [6.45, 7) is 3.22. The van der Waals surface area contributed by atoms with E-state index in [1.165, 1.54) is 11.1 Å². The molecular formula is C19H24N6. The van der Waals surface area contributed by atoms with Gasteiger partial charge in [-0.2, -0.15) is 5.10 Å². The fraction of sp³-hybridized carbons (Fsp3) is 0.263. The van der Waals surface area contributed by atoms with E-state index in [4.69, 9.17) is 0 Å².